The molecule has 7 heteroatoms. The Morgan fingerprint density at radius 3 is 2.71 bits per heavy atom. The molecule has 1 amide bonds. The summed E-state index contributed by atoms with van der Waals surface area (Å²) in [7, 11) is 0. The van der Waals surface area contributed by atoms with Gasteiger partial charge in [-0.1, -0.05) is 49.2 Å². The van der Waals surface area contributed by atoms with Gasteiger partial charge in [0.05, 0.1) is 5.75 Å². The summed E-state index contributed by atoms with van der Waals surface area (Å²) >= 11 is 1.41. The number of carbonyl (C=O) groups excluding carboxylic acids is 1. The van der Waals surface area contributed by atoms with Gasteiger partial charge in [0, 0.05) is 19.0 Å². The van der Waals surface area contributed by atoms with Crippen molar-refractivity contribution in [1.82, 2.24) is 20.1 Å². The van der Waals surface area contributed by atoms with Gasteiger partial charge in [-0.15, -0.1) is 16.8 Å². The molecule has 1 heterocycles. The molecule has 0 spiro atoms. The van der Waals surface area contributed by atoms with Crippen molar-refractivity contribution in [3.63, 3.8) is 0 Å². The second-order valence-electron chi connectivity index (χ2n) is 7.09. The van der Waals surface area contributed by atoms with Gasteiger partial charge < -0.3 is 9.88 Å². The Morgan fingerprint density at radius 1 is 1.25 bits per heavy atom. The second-order valence-corrected chi connectivity index (χ2v) is 8.03. The van der Waals surface area contributed by atoms with Gasteiger partial charge in [0.25, 0.3) is 0 Å². The van der Waals surface area contributed by atoms with Crippen molar-refractivity contribution in [3.05, 3.63) is 54.1 Å². The van der Waals surface area contributed by atoms with Gasteiger partial charge in [-0.25, -0.2) is 4.39 Å². The first-order valence-corrected chi connectivity index (χ1v) is 10.8. The highest BCUT2D eigenvalue weighted by Gasteiger charge is 2.23. The van der Waals surface area contributed by atoms with Crippen LogP contribution < -0.4 is 5.32 Å². The molecule has 1 aliphatic carbocycles. The number of benzene rings is 1. The van der Waals surface area contributed by atoms with E-state index >= 15 is 0 Å². The zero-order valence-electron chi connectivity index (χ0n) is 16.1. The number of halogens is 1. The molecule has 0 atom stereocenters. The predicted molar refractivity (Wildman–Crippen MR) is 110 cm³/mol. The summed E-state index contributed by atoms with van der Waals surface area (Å²) in [5.41, 5.74) is 0.997. The van der Waals surface area contributed by atoms with E-state index in [-0.39, 0.29) is 11.7 Å². The van der Waals surface area contributed by atoms with Crippen LogP contribution in [-0.2, 0) is 17.8 Å². The maximum atomic E-state index is 12.9. The summed E-state index contributed by atoms with van der Waals surface area (Å²) in [6, 6.07) is 6.34. The third-order valence-corrected chi connectivity index (χ3v) is 5.98. The maximum absolute atomic E-state index is 12.9. The third-order valence-electron chi connectivity index (χ3n) is 5.01. The van der Waals surface area contributed by atoms with E-state index in [4.69, 9.17) is 0 Å². The van der Waals surface area contributed by atoms with Gasteiger partial charge >= 0.3 is 0 Å². The van der Waals surface area contributed by atoms with Crippen molar-refractivity contribution in [2.45, 2.75) is 56.1 Å². The number of nitrogens with zero attached hydrogens (tertiary/aromatic N) is 3. The van der Waals surface area contributed by atoms with Crippen LogP contribution in [-0.4, -0.2) is 33.0 Å². The van der Waals surface area contributed by atoms with Gasteiger partial charge in [0.2, 0.25) is 5.91 Å². The minimum atomic E-state index is -0.250. The summed E-state index contributed by atoms with van der Waals surface area (Å²) in [5, 5.41) is 12.4. The quantitative estimate of drug-likeness (QED) is 0.507. The lowest BCUT2D eigenvalue weighted by Gasteiger charge is -2.21. The van der Waals surface area contributed by atoms with Gasteiger partial charge in [-0.3, -0.25) is 4.79 Å². The molecule has 3 rings (SSSR count). The van der Waals surface area contributed by atoms with E-state index in [1.165, 1.54) is 43.2 Å². The molecule has 2 aromatic rings. The van der Waals surface area contributed by atoms with Crippen molar-refractivity contribution in [1.29, 1.82) is 0 Å². The minimum Gasteiger partial charge on any atom is -0.355 e. The minimum absolute atomic E-state index is 0.0421. The number of hydrogen-bond donors (Lipinski definition) is 1. The van der Waals surface area contributed by atoms with E-state index in [0.29, 0.717) is 31.2 Å². The first-order chi connectivity index (χ1) is 13.7. The number of rotatable bonds is 9. The normalized spacial score (nSPS) is 14.8. The van der Waals surface area contributed by atoms with Gasteiger partial charge in [0.15, 0.2) is 5.16 Å². The van der Waals surface area contributed by atoms with Crippen LogP contribution in [0.3, 0.4) is 0 Å². The predicted octanol–water partition coefficient (Wildman–Crippen LogP) is 4.10. The van der Waals surface area contributed by atoms with E-state index in [2.05, 4.69) is 26.7 Å². The van der Waals surface area contributed by atoms with Crippen LogP contribution in [0.15, 0.2) is 42.1 Å². The van der Waals surface area contributed by atoms with E-state index < -0.39 is 0 Å². The van der Waals surface area contributed by atoms with E-state index in [1.54, 1.807) is 12.1 Å². The Labute approximate surface area is 169 Å². The lowest BCUT2D eigenvalue weighted by Crippen LogP contribution is -2.27. The molecule has 0 radical (unpaired) electrons. The van der Waals surface area contributed by atoms with Crippen molar-refractivity contribution in [2.75, 3.05) is 12.3 Å². The fourth-order valence-electron chi connectivity index (χ4n) is 3.55. The summed E-state index contributed by atoms with van der Waals surface area (Å²) in [6.07, 6.45) is 8.62. The lowest BCUT2D eigenvalue weighted by atomic mass is 9.89. The molecule has 1 aromatic heterocycles. The van der Waals surface area contributed by atoms with Crippen LogP contribution >= 0.6 is 11.8 Å². The molecule has 0 unspecified atom stereocenters. The summed E-state index contributed by atoms with van der Waals surface area (Å²) in [6.45, 7) is 5.03. The molecule has 0 aliphatic heterocycles. The van der Waals surface area contributed by atoms with Crippen molar-refractivity contribution in [2.24, 2.45) is 0 Å². The highest BCUT2D eigenvalue weighted by Crippen LogP contribution is 2.33. The Bertz CT molecular complexity index is 784. The molecular formula is C21H27FN4OS. The average molecular weight is 403 g/mol. The molecule has 5 nitrogen and oxygen atoms in total. The largest absolute Gasteiger partial charge is 0.355 e. The number of thioether (sulfide) groups is 1. The number of aromatic nitrogens is 3. The Hall–Kier alpha value is -2.15. The van der Waals surface area contributed by atoms with Crippen LogP contribution in [0.2, 0.25) is 0 Å². The first kappa shape index (κ1) is 20.6. The van der Waals surface area contributed by atoms with Crippen LogP contribution in [0.1, 0.15) is 49.4 Å². The molecule has 1 N–H and O–H groups in total. The molecule has 1 saturated carbocycles. The van der Waals surface area contributed by atoms with Crippen LogP contribution in [0.5, 0.6) is 0 Å². The van der Waals surface area contributed by atoms with Crippen LogP contribution in [0.4, 0.5) is 4.39 Å². The fraction of sp³-hybridized carbons (Fsp3) is 0.476. The molecule has 1 aliphatic rings. The number of amides is 1. The highest BCUT2D eigenvalue weighted by molar-refractivity contribution is 7.99. The zero-order chi connectivity index (χ0) is 19.8. The maximum Gasteiger partial charge on any atom is 0.230 e. The monoisotopic (exact) mass is 402 g/mol. The molecule has 150 valence electrons. The molecule has 28 heavy (non-hydrogen) atoms. The number of hydrogen-bond acceptors (Lipinski definition) is 4. The zero-order valence-corrected chi connectivity index (χ0v) is 16.9. The number of carbonyl (C=O) groups is 1. The van der Waals surface area contributed by atoms with E-state index in [9.17, 15) is 9.18 Å². The molecular weight excluding hydrogens is 375 g/mol. The van der Waals surface area contributed by atoms with Crippen molar-refractivity contribution >= 4 is 17.7 Å². The van der Waals surface area contributed by atoms with Crippen molar-refractivity contribution < 1.29 is 9.18 Å². The smallest absolute Gasteiger partial charge is 0.230 e. The molecule has 1 fully saturated rings. The summed E-state index contributed by atoms with van der Waals surface area (Å²) < 4.78 is 15.0. The van der Waals surface area contributed by atoms with Gasteiger partial charge in [-0.05, 0) is 37.0 Å². The summed E-state index contributed by atoms with van der Waals surface area (Å²) in [5.74, 6) is 1.49. The van der Waals surface area contributed by atoms with E-state index in [0.717, 1.165) is 29.4 Å². The Morgan fingerprint density at radius 2 is 2.00 bits per heavy atom. The number of allylic oxidation sites excluding steroid dienone is 1. The Balaban J connectivity index is 1.50. The van der Waals surface area contributed by atoms with Crippen molar-refractivity contribution in [3.8, 4) is 0 Å². The topological polar surface area (TPSA) is 59.8 Å². The highest BCUT2D eigenvalue weighted by atomic mass is 32.2. The average Bonchev–Trinajstić information content (AvgIpc) is 3.11. The first-order valence-electron chi connectivity index (χ1n) is 9.85. The van der Waals surface area contributed by atoms with Crippen LogP contribution in [0, 0.1) is 5.82 Å². The molecule has 1 aromatic carbocycles. The second kappa shape index (κ2) is 10.4. The van der Waals surface area contributed by atoms with E-state index in [1.807, 2.05) is 6.08 Å². The van der Waals surface area contributed by atoms with Gasteiger partial charge in [-0.2, -0.15) is 0 Å². The fourth-order valence-corrected chi connectivity index (χ4v) is 4.33. The third kappa shape index (κ3) is 5.67. The molecule has 0 saturated heterocycles. The lowest BCUT2D eigenvalue weighted by molar-refractivity contribution is -0.118. The number of nitrogens with one attached hydrogen (secondary N) is 1. The Kier molecular flexibility index (Phi) is 7.65. The summed E-state index contributed by atoms with van der Waals surface area (Å²) in [4.78, 5) is 12.2. The SMILES string of the molecule is C=CCn1c(SCC(=O)NCCc2ccc(F)cc2)nnc1C1CCCCC1. The standard InChI is InChI=1S/C21H27FN4OS/c1-2-14-26-20(17-6-4-3-5-7-17)24-25-21(26)28-15-19(27)23-13-12-16-8-10-18(22)11-9-16/h2,8-11,17H,1,3-7,12-15H2,(H,23,27). The van der Waals surface area contributed by atoms with Gasteiger partial charge in [0.1, 0.15) is 11.6 Å². The van der Waals surface area contributed by atoms with Crippen LogP contribution in [0.25, 0.3) is 0 Å². The molecule has 0 bridgehead atoms.